The van der Waals surface area contributed by atoms with E-state index in [0.29, 0.717) is 16.1 Å². The van der Waals surface area contributed by atoms with Gasteiger partial charge in [-0.3, -0.25) is 0 Å². The number of amides is 2. The molecule has 3 rings (SSSR count). The van der Waals surface area contributed by atoms with Crippen molar-refractivity contribution in [2.24, 2.45) is 0 Å². The molecule has 1 aromatic rings. The van der Waals surface area contributed by atoms with Gasteiger partial charge in [0.25, 0.3) is 0 Å². The first-order valence-electron chi connectivity index (χ1n) is 10.3. The normalized spacial score (nSPS) is 18.2. The lowest BCUT2D eigenvalue weighted by Crippen LogP contribution is -2.46. The molecule has 0 unspecified atom stereocenters. The molecule has 2 amide bonds. The molecule has 1 saturated heterocycles. The summed E-state index contributed by atoms with van der Waals surface area (Å²) in [5.74, 6) is 0. The van der Waals surface area contributed by atoms with Gasteiger partial charge in [0.2, 0.25) is 0 Å². The lowest BCUT2D eigenvalue weighted by atomic mass is 9.96. The van der Waals surface area contributed by atoms with Crippen molar-refractivity contribution in [1.82, 2.24) is 15.1 Å². The van der Waals surface area contributed by atoms with E-state index in [2.05, 4.69) is 22.0 Å². The van der Waals surface area contributed by atoms with Gasteiger partial charge in [0.15, 0.2) is 0 Å². The Balaban J connectivity index is 0.000000209. The van der Waals surface area contributed by atoms with Crippen LogP contribution < -0.4 is 10.2 Å². The van der Waals surface area contributed by atoms with Crippen LogP contribution in [0.2, 0.25) is 10.0 Å². The molecule has 1 heterocycles. The van der Waals surface area contributed by atoms with Gasteiger partial charge in [0.1, 0.15) is 0 Å². The van der Waals surface area contributed by atoms with Crippen molar-refractivity contribution in [3.63, 3.8) is 0 Å². The monoisotopic (exact) mass is 428 g/mol. The highest BCUT2D eigenvalue weighted by molar-refractivity contribution is 6.43. The zero-order valence-electron chi connectivity index (χ0n) is 17.4. The Hall–Kier alpha value is -1.17. The Morgan fingerprint density at radius 1 is 1.11 bits per heavy atom. The van der Waals surface area contributed by atoms with Crippen LogP contribution in [0.5, 0.6) is 0 Å². The van der Waals surface area contributed by atoms with Gasteiger partial charge < -0.3 is 20.0 Å². The maximum absolute atomic E-state index is 11.2. The van der Waals surface area contributed by atoms with Crippen molar-refractivity contribution in [1.29, 1.82) is 0 Å². The number of urea groups is 1. The SMILES string of the molecule is CCN1CCN(c2cccc(Cl)c2Cl)CC1.CN(C)C(=O)NC1CCCCC1. The van der Waals surface area contributed by atoms with Crippen LogP contribution in [0.1, 0.15) is 39.0 Å². The number of nitrogens with one attached hydrogen (secondary N) is 1. The van der Waals surface area contributed by atoms with E-state index in [9.17, 15) is 4.79 Å². The number of likely N-dealkylation sites (N-methyl/N-ethyl adjacent to an activating group) is 1. The molecule has 7 heteroatoms. The van der Waals surface area contributed by atoms with Gasteiger partial charge in [-0.2, -0.15) is 0 Å². The first-order valence-corrected chi connectivity index (χ1v) is 11.1. The highest BCUT2D eigenvalue weighted by atomic mass is 35.5. The zero-order valence-corrected chi connectivity index (χ0v) is 18.9. The van der Waals surface area contributed by atoms with Crippen molar-refractivity contribution in [2.45, 2.75) is 45.1 Å². The first kappa shape index (κ1) is 23.1. The second kappa shape index (κ2) is 11.7. The number of hydrogen-bond acceptors (Lipinski definition) is 3. The summed E-state index contributed by atoms with van der Waals surface area (Å²) in [4.78, 5) is 17.6. The quantitative estimate of drug-likeness (QED) is 0.756. The number of hydrogen-bond donors (Lipinski definition) is 1. The summed E-state index contributed by atoms with van der Waals surface area (Å²) in [7, 11) is 3.55. The van der Waals surface area contributed by atoms with Crippen LogP contribution in [-0.2, 0) is 0 Å². The molecule has 1 saturated carbocycles. The van der Waals surface area contributed by atoms with Crippen LogP contribution in [0.4, 0.5) is 10.5 Å². The predicted molar refractivity (Wildman–Crippen MR) is 120 cm³/mol. The summed E-state index contributed by atoms with van der Waals surface area (Å²) in [5, 5.41) is 4.32. The van der Waals surface area contributed by atoms with Gasteiger partial charge in [-0.15, -0.1) is 0 Å². The Bertz CT molecular complexity index is 612. The van der Waals surface area contributed by atoms with Gasteiger partial charge >= 0.3 is 6.03 Å². The van der Waals surface area contributed by atoms with Crippen LogP contribution in [0.15, 0.2) is 18.2 Å². The Morgan fingerprint density at radius 3 is 2.32 bits per heavy atom. The van der Waals surface area contributed by atoms with Crippen molar-refractivity contribution in [3.8, 4) is 0 Å². The number of halogens is 2. The van der Waals surface area contributed by atoms with Crippen LogP contribution in [0.3, 0.4) is 0 Å². The fourth-order valence-corrected chi connectivity index (χ4v) is 4.01. The topological polar surface area (TPSA) is 38.8 Å². The number of rotatable bonds is 3. The van der Waals surface area contributed by atoms with Gasteiger partial charge in [-0.05, 0) is 31.5 Å². The number of benzene rings is 1. The molecule has 2 fully saturated rings. The van der Waals surface area contributed by atoms with E-state index in [1.165, 1.54) is 19.3 Å². The highest BCUT2D eigenvalue weighted by Gasteiger charge is 2.18. The van der Waals surface area contributed by atoms with Gasteiger partial charge in [0, 0.05) is 46.3 Å². The molecule has 1 N–H and O–H groups in total. The second-order valence-electron chi connectivity index (χ2n) is 7.67. The molecular formula is C21H34Cl2N4O. The van der Waals surface area contributed by atoms with Crippen LogP contribution >= 0.6 is 23.2 Å². The molecule has 5 nitrogen and oxygen atoms in total. The molecule has 158 valence electrons. The number of anilines is 1. The highest BCUT2D eigenvalue weighted by Crippen LogP contribution is 2.32. The zero-order chi connectivity index (χ0) is 20.5. The number of carbonyl (C=O) groups is 1. The molecule has 1 aromatic carbocycles. The minimum absolute atomic E-state index is 0.0434. The van der Waals surface area contributed by atoms with Gasteiger partial charge in [-0.25, -0.2) is 4.79 Å². The first-order chi connectivity index (χ1) is 13.4. The molecule has 0 radical (unpaired) electrons. The van der Waals surface area contributed by atoms with Crippen molar-refractivity contribution in [2.75, 3.05) is 51.7 Å². The summed E-state index contributed by atoms with van der Waals surface area (Å²) in [6.07, 6.45) is 6.16. The third-order valence-electron chi connectivity index (χ3n) is 5.43. The van der Waals surface area contributed by atoms with Crippen LogP contribution in [0, 0.1) is 0 Å². The van der Waals surface area contributed by atoms with Crippen molar-refractivity contribution >= 4 is 34.9 Å². The van der Waals surface area contributed by atoms with E-state index < -0.39 is 0 Å². The molecule has 0 spiro atoms. The van der Waals surface area contributed by atoms with E-state index in [4.69, 9.17) is 23.2 Å². The van der Waals surface area contributed by atoms with Crippen LogP contribution in [-0.4, -0.2) is 68.7 Å². The average molecular weight is 429 g/mol. The van der Waals surface area contributed by atoms with E-state index in [0.717, 1.165) is 51.3 Å². The smallest absolute Gasteiger partial charge is 0.317 e. The summed E-state index contributed by atoms with van der Waals surface area (Å²) in [6.45, 7) is 7.56. The largest absolute Gasteiger partial charge is 0.368 e. The third-order valence-corrected chi connectivity index (χ3v) is 6.24. The minimum Gasteiger partial charge on any atom is -0.368 e. The lowest BCUT2D eigenvalue weighted by Gasteiger charge is -2.36. The molecule has 2 aliphatic rings. The van der Waals surface area contributed by atoms with Gasteiger partial charge in [0.05, 0.1) is 15.7 Å². The van der Waals surface area contributed by atoms with E-state index >= 15 is 0 Å². The minimum atomic E-state index is 0.0434. The molecule has 0 atom stereocenters. The maximum Gasteiger partial charge on any atom is 0.317 e. The lowest BCUT2D eigenvalue weighted by molar-refractivity contribution is 0.209. The molecule has 28 heavy (non-hydrogen) atoms. The third kappa shape index (κ3) is 7.02. The summed E-state index contributed by atoms with van der Waals surface area (Å²) >= 11 is 12.2. The number of nitrogens with zero attached hydrogens (tertiary/aromatic N) is 3. The number of piperazine rings is 1. The average Bonchev–Trinajstić information content (AvgIpc) is 2.71. The molecule has 1 aliphatic heterocycles. The van der Waals surface area contributed by atoms with Crippen molar-refractivity contribution in [3.05, 3.63) is 28.2 Å². The fraction of sp³-hybridized carbons (Fsp3) is 0.667. The Labute approximate surface area is 179 Å². The standard InChI is InChI=1S/C12H16Cl2N2.C9H18N2O/c1-2-15-6-8-16(9-7-15)11-5-3-4-10(13)12(11)14;1-11(2)9(12)10-8-6-4-3-5-7-8/h3-5H,2,6-9H2,1H3;8H,3-7H2,1-2H3,(H,10,12). The predicted octanol–water partition coefficient (Wildman–Crippen LogP) is 4.73. The fourth-order valence-electron chi connectivity index (χ4n) is 3.59. The molecule has 0 aromatic heterocycles. The van der Waals surface area contributed by atoms with Crippen LogP contribution in [0.25, 0.3) is 0 Å². The van der Waals surface area contributed by atoms with E-state index in [-0.39, 0.29) is 6.03 Å². The van der Waals surface area contributed by atoms with E-state index in [1.807, 2.05) is 18.2 Å². The Kier molecular flexibility index (Phi) is 9.69. The molecule has 1 aliphatic carbocycles. The maximum atomic E-state index is 11.2. The number of carbonyl (C=O) groups excluding carboxylic acids is 1. The molecule has 0 bridgehead atoms. The van der Waals surface area contributed by atoms with Gasteiger partial charge in [-0.1, -0.05) is 55.5 Å². The van der Waals surface area contributed by atoms with E-state index in [1.54, 1.807) is 19.0 Å². The summed E-state index contributed by atoms with van der Waals surface area (Å²) < 4.78 is 0. The second-order valence-corrected chi connectivity index (χ2v) is 8.46. The summed E-state index contributed by atoms with van der Waals surface area (Å²) in [5.41, 5.74) is 1.06. The van der Waals surface area contributed by atoms with Crippen molar-refractivity contribution < 1.29 is 4.79 Å². The molecular weight excluding hydrogens is 395 g/mol. The Morgan fingerprint density at radius 2 is 1.75 bits per heavy atom. The summed E-state index contributed by atoms with van der Waals surface area (Å²) in [6, 6.07) is 6.29.